The van der Waals surface area contributed by atoms with E-state index < -0.39 is 17.0 Å². The summed E-state index contributed by atoms with van der Waals surface area (Å²) in [6.07, 6.45) is 1.55. The van der Waals surface area contributed by atoms with E-state index in [1.807, 2.05) is 18.2 Å². The first-order valence-corrected chi connectivity index (χ1v) is 6.48. The summed E-state index contributed by atoms with van der Waals surface area (Å²) in [5.41, 5.74) is 1.37. The van der Waals surface area contributed by atoms with Crippen molar-refractivity contribution in [3.8, 4) is 11.1 Å². The van der Waals surface area contributed by atoms with Gasteiger partial charge in [-0.15, -0.1) is 0 Å². The molecule has 0 spiro atoms. The van der Waals surface area contributed by atoms with E-state index in [1.54, 1.807) is 24.4 Å². The van der Waals surface area contributed by atoms with E-state index >= 15 is 0 Å². The lowest BCUT2D eigenvalue weighted by atomic mass is 10.0. The highest BCUT2D eigenvalue weighted by atomic mass is 35.5. The van der Waals surface area contributed by atoms with Crippen LogP contribution in [0.15, 0.2) is 42.6 Å². The van der Waals surface area contributed by atoms with E-state index in [2.05, 4.69) is 4.74 Å². The Bertz CT molecular complexity index is 691. The van der Waals surface area contributed by atoms with Crippen molar-refractivity contribution in [2.24, 2.45) is 0 Å². The first-order chi connectivity index (χ1) is 10.0. The molecular weight excluding hydrogens is 294 g/mol. The second-order valence-corrected chi connectivity index (χ2v) is 4.59. The number of aromatic nitrogens is 1. The normalized spacial score (nSPS) is 10.2. The highest BCUT2D eigenvalue weighted by Gasteiger charge is 2.24. The van der Waals surface area contributed by atoms with Crippen LogP contribution in [-0.2, 0) is 20.9 Å². The molecule has 0 amide bonds. The fourth-order valence-electron chi connectivity index (χ4n) is 2.00. The number of Topliss-reactive ketones (excluding diaryl/α,β-unsaturated/α-hetero) is 1. The molecule has 0 radical (unpaired) electrons. The van der Waals surface area contributed by atoms with Crippen molar-refractivity contribution in [1.29, 1.82) is 0 Å². The van der Waals surface area contributed by atoms with Crippen molar-refractivity contribution >= 4 is 28.6 Å². The third-order valence-corrected chi connectivity index (χ3v) is 3.14. The quantitative estimate of drug-likeness (QED) is 0.368. The molecule has 0 N–H and O–H groups in total. The number of hydrogen-bond donors (Lipinski definition) is 0. The summed E-state index contributed by atoms with van der Waals surface area (Å²) in [6.45, 7) is -0.172. The van der Waals surface area contributed by atoms with E-state index in [4.69, 9.17) is 11.6 Å². The van der Waals surface area contributed by atoms with Crippen molar-refractivity contribution in [1.82, 2.24) is 4.57 Å². The van der Waals surface area contributed by atoms with Gasteiger partial charge in [0.25, 0.3) is 11.0 Å². The minimum atomic E-state index is -1.10. The maximum Gasteiger partial charge on any atom is 0.325 e. The van der Waals surface area contributed by atoms with Crippen LogP contribution < -0.4 is 0 Å². The largest absolute Gasteiger partial charge is 0.468 e. The molecule has 0 aliphatic carbocycles. The van der Waals surface area contributed by atoms with Crippen LogP contribution in [0.5, 0.6) is 0 Å². The number of benzene rings is 1. The molecule has 21 heavy (non-hydrogen) atoms. The maximum atomic E-state index is 12.0. The topological polar surface area (TPSA) is 65.4 Å². The van der Waals surface area contributed by atoms with Gasteiger partial charge in [0.1, 0.15) is 12.2 Å². The zero-order chi connectivity index (χ0) is 15.4. The van der Waals surface area contributed by atoms with Crippen molar-refractivity contribution in [2.45, 2.75) is 6.54 Å². The number of halogens is 1. The Hall–Kier alpha value is -2.40. The molecule has 0 saturated heterocycles. The smallest absolute Gasteiger partial charge is 0.325 e. The zero-order valence-electron chi connectivity index (χ0n) is 11.2. The minimum absolute atomic E-state index is 0.0756. The van der Waals surface area contributed by atoms with Crippen LogP contribution in [0.25, 0.3) is 11.1 Å². The Morgan fingerprint density at radius 1 is 1.14 bits per heavy atom. The molecule has 5 nitrogen and oxygen atoms in total. The van der Waals surface area contributed by atoms with Crippen molar-refractivity contribution in [3.63, 3.8) is 0 Å². The Kier molecular flexibility index (Phi) is 4.55. The van der Waals surface area contributed by atoms with Crippen LogP contribution in [0.4, 0.5) is 0 Å². The van der Waals surface area contributed by atoms with Crippen LogP contribution in [0, 0.1) is 0 Å². The number of nitrogens with zero attached hydrogens (tertiary/aromatic N) is 1. The van der Waals surface area contributed by atoms with Crippen molar-refractivity contribution < 1.29 is 19.1 Å². The minimum Gasteiger partial charge on any atom is -0.468 e. The van der Waals surface area contributed by atoms with Crippen LogP contribution in [0.2, 0.25) is 0 Å². The van der Waals surface area contributed by atoms with Crippen molar-refractivity contribution in [3.05, 3.63) is 48.3 Å². The van der Waals surface area contributed by atoms with E-state index in [-0.39, 0.29) is 12.2 Å². The third kappa shape index (κ3) is 3.20. The molecule has 1 aromatic heterocycles. The van der Waals surface area contributed by atoms with Gasteiger partial charge in [0, 0.05) is 11.8 Å². The highest BCUT2D eigenvalue weighted by molar-refractivity contribution is 6.83. The molecule has 0 unspecified atom stereocenters. The summed E-state index contributed by atoms with van der Waals surface area (Å²) >= 11 is 5.30. The molecule has 0 aliphatic rings. The number of ether oxygens (including phenoxy) is 1. The number of esters is 1. The SMILES string of the molecule is COC(=O)Cn1ccc(-c2ccccc2)c1C(=O)C(=O)Cl. The Balaban J connectivity index is 2.54. The molecule has 0 bridgehead atoms. The van der Waals surface area contributed by atoms with E-state index in [9.17, 15) is 14.4 Å². The van der Waals surface area contributed by atoms with Gasteiger partial charge >= 0.3 is 5.97 Å². The first kappa shape index (κ1) is 15.0. The standard InChI is InChI=1S/C15H12ClNO4/c1-21-12(18)9-17-8-7-11(10-5-3-2-4-6-10)13(17)14(19)15(16)20/h2-8H,9H2,1H3. The predicted octanol–water partition coefficient (Wildman–Crippen LogP) is 2.28. The molecule has 1 aromatic carbocycles. The van der Waals surface area contributed by atoms with Gasteiger partial charge in [0.15, 0.2) is 0 Å². The molecule has 0 saturated carbocycles. The fourth-order valence-corrected chi connectivity index (χ4v) is 2.09. The zero-order valence-corrected chi connectivity index (χ0v) is 12.0. The van der Waals surface area contributed by atoms with E-state index in [0.29, 0.717) is 5.56 Å². The number of rotatable bonds is 5. The molecule has 0 atom stereocenters. The van der Waals surface area contributed by atoms with Gasteiger partial charge in [-0.25, -0.2) is 0 Å². The van der Waals surface area contributed by atoms with Gasteiger partial charge in [-0.2, -0.15) is 0 Å². The van der Waals surface area contributed by atoms with Crippen LogP contribution in [-0.4, -0.2) is 28.7 Å². The number of carbonyl (C=O) groups is 3. The molecule has 108 valence electrons. The summed E-state index contributed by atoms with van der Waals surface area (Å²) in [5.74, 6) is -1.38. The monoisotopic (exact) mass is 305 g/mol. The summed E-state index contributed by atoms with van der Waals surface area (Å²) in [4.78, 5) is 34.7. The second kappa shape index (κ2) is 6.37. The lowest BCUT2D eigenvalue weighted by Gasteiger charge is -2.08. The van der Waals surface area contributed by atoms with Crippen LogP contribution in [0.3, 0.4) is 0 Å². The summed E-state index contributed by atoms with van der Waals surface area (Å²) < 4.78 is 5.93. The number of ketones is 1. The van der Waals surface area contributed by atoms with Gasteiger partial charge in [-0.1, -0.05) is 30.3 Å². The van der Waals surface area contributed by atoms with Gasteiger partial charge in [0.05, 0.1) is 7.11 Å². The predicted molar refractivity (Wildman–Crippen MR) is 77.1 cm³/mol. The second-order valence-electron chi connectivity index (χ2n) is 4.25. The lowest BCUT2D eigenvalue weighted by Crippen LogP contribution is -2.19. The lowest BCUT2D eigenvalue weighted by molar-refractivity contribution is -0.141. The molecule has 1 heterocycles. The fraction of sp³-hybridized carbons (Fsp3) is 0.133. The summed E-state index contributed by atoms with van der Waals surface area (Å²) in [7, 11) is 1.25. The Labute approximate surface area is 126 Å². The number of methoxy groups -OCH3 is 1. The number of hydrogen-bond acceptors (Lipinski definition) is 4. The van der Waals surface area contributed by atoms with E-state index in [1.165, 1.54) is 11.7 Å². The summed E-state index contributed by atoms with van der Waals surface area (Å²) in [5, 5.41) is -1.10. The third-order valence-electron chi connectivity index (χ3n) is 2.97. The van der Waals surface area contributed by atoms with Gasteiger partial charge in [-0.3, -0.25) is 14.4 Å². The molecule has 2 rings (SSSR count). The average molecular weight is 306 g/mol. The van der Waals surface area contributed by atoms with Crippen LogP contribution in [0.1, 0.15) is 10.5 Å². The van der Waals surface area contributed by atoms with Gasteiger partial charge in [0.2, 0.25) is 0 Å². The van der Waals surface area contributed by atoms with Gasteiger partial charge < -0.3 is 9.30 Å². The van der Waals surface area contributed by atoms with Crippen LogP contribution >= 0.6 is 11.6 Å². The Morgan fingerprint density at radius 2 is 1.81 bits per heavy atom. The molecule has 0 aliphatic heterocycles. The molecule has 0 fully saturated rings. The first-order valence-electron chi connectivity index (χ1n) is 6.10. The molecular formula is C15H12ClNO4. The highest BCUT2D eigenvalue weighted by Crippen LogP contribution is 2.26. The number of carbonyl (C=O) groups excluding carboxylic acids is 3. The van der Waals surface area contributed by atoms with E-state index in [0.717, 1.165) is 5.56 Å². The Morgan fingerprint density at radius 3 is 2.38 bits per heavy atom. The molecule has 2 aromatic rings. The van der Waals surface area contributed by atoms with Crippen molar-refractivity contribution in [2.75, 3.05) is 7.11 Å². The summed E-state index contributed by atoms with van der Waals surface area (Å²) in [6, 6.07) is 10.7. The molecule has 6 heteroatoms. The maximum absolute atomic E-state index is 12.0. The van der Waals surface area contributed by atoms with Gasteiger partial charge in [-0.05, 0) is 23.2 Å². The average Bonchev–Trinajstić information content (AvgIpc) is 2.90.